The Hall–Kier alpha value is -7.69. The molecule has 0 aliphatic rings. The van der Waals surface area contributed by atoms with Gasteiger partial charge in [-0.25, -0.2) is 0 Å². The fraction of sp³-hybridized carbons (Fsp3) is 0.267. The molecule has 98 heavy (non-hydrogen) atoms. The second-order valence-corrected chi connectivity index (χ2v) is 39.4. The van der Waals surface area contributed by atoms with Gasteiger partial charge in [0.25, 0.3) is 0 Å². The fourth-order valence-electron chi connectivity index (χ4n) is 13.3. The Morgan fingerprint density at radius 1 is 0.194 bits per heavy atom. The van der Waals surface area contributed by atoms with Gasteiger partial charge in [-0.1, -0.05) is 201 Å². The van der Waals surface area contributed by atoms with Crippen LogP contribution < -0.4 is 26.4 Å². The maximum absolute atomic E-state index is 4.05. The van der Waals surface area contributed by atoms with E-state index in [9.17, 15) is 0 Å². The van der Waals surface area contributed by atoms with Crippen molar-refractivity contribution < 1.29 is 0 Å². The van der Waals surface area contributed by atoms with Gasteiger partial charge < -0.3 is 0 Å². The molecule has 0 saturated carbocycles. The van der Waals surface area contributed by atoms with Gasteiger partial charge >= 0.3 is 237 Å². The van der Waals surface area contributed by atoms with Gasteiger partial charge in [0.2, 0.25) is 0 Å². The second-order valence-electron chi connectivity index (χ2n) is 28.0. The molecule has 12 aromatic rings. The number of hydrogen-bond donors (Lipinski definition) is 0. The molecule has 12 rings (SSSR count). The number of para-hydroxylation sites is 4. The van der Waals surface area contributed by atoms with Crippen LogP contribution in [0.5, 0.6) is 0 Å². The Bertz CT molecular complexity index is 3810. The second kappa shape index (κ2) is 35.4. The van der Waals surface area contributed by atoms with Crippen molar-refractivity contribution in [3.63, 3.8) is 0 Å². The predicted octanol–water partition coefficient (Wildman–Crippen LogP) is 21.3. The topological polar surface area (TPSA) is 19.7 Å². The van der Waals surface area contributed by atoms with Crippen LogP contribution in [0.2, 0.25) is 0 Å². The van der Waals surface area contributed by atoms with Crippen LogP contribution in [0, 0.1) is 10.4 Å². The van der Waals surface area contributed by atoms with Crippen molar-refractivity contribution in [1.82, 2.24) is 18.3 Å². The van der Waals surface area contributed by atoms with E-state index in [0.29, 0.717) is 47.3 Å². The molecule has 2 aromatic heterocycles. The van der Waals surface area contributed by atoms with E-state index in [4.69, 9.17) is 0 Å². The average Bonchev–Trinajstić information content (AvgIpc) is 1.62. The zero-order valence-corrected chi connectivity index (χ0v) is 67.2. The number of rotatable bonds is 18. The number of nitrogens with zero attached hydrogens (tertiary/aromatic N) is 4. The van der Waals surface area contributed by atoms with Gasteiger partial charge in [0, 0.05) is 24.8 Å². The fourth-order valence-corrected chi connectivity index (χ4v) is 24.9. The van der Waals surface area contributed by atoms with E-state index < -0.39 is 28.7 Å². The first-order valence-corrected chi connectivity index (χ1v) is 42.8. The zero-order valence-electron chi connectivity index (χ0n) is 61.0. The molecule has 4 nitrogen and oxygen atoms in total. The molecule has 0 N–H and O–H groups in total. The number of benzene rings is 10. The summed E-state index contributed by atoms with van der Waals surface area (Å²) in [5, 5.41) is 2.11. The molecule has 0 atom stereocenters. The van der Waals surface area contributed by atoms with Crippen LogP contribution in [-0.2, 0) is 0 Å². The molecule has 502 valence electrons. The van der Waals surface area contributed by atoms with Gasteiger partial charge in [-0.15, -0.1) is 0 Å². The molecule has 0 unspecified atom stereocenters. The molecule has 0 spiro atoms. The Balaban J connectivity index is 0.000000156. The molecule has 0 amide bonds. The summed E-state index contributed by atoms with van der Waals surface area (Å²) in [6.07, 6.45) is 8.82. The van der Waals surface area contributed by atoms with E-state index in [-0.39, 0.29) is 0 Å². The molecular formula is C90H104Ge2N4P2. The molecule has 0 saturated heterocycles. The molecule has 2 radical (unpaired) electrons. The van der Waals surface area contributed by atoms with Crippen LogP contribution in [0.25, 0.3) is 22.7 Å². The normalized spacial score (nSPS) is 11.4. The Morgan fingerprint density at radius 3 is 0.449 bits per heavy atom. The van der Waals surface area contributed by atoms with E-state index in [2.05, 4.69) is 426 Å². The van der Waals surface area contributed by atoms with Gasteiger partial charge in [-0.3, -0.25) is 18.3 Å². The quantitative estimate of drug-likeness (QED) is 0.0603. The summed E-state index contributed by atoms with van der Waals surface area (Å²) in [6.45, 7) is 36.4. The van der Waals surface area contributed by atoms with Crippen molar-refractivity contribution in [3.05, 3.63) is 334 Å². The van der Waals surface area contributed by atoms with Gasteiger partial charge in [-0.05, 0) is 91.9 Å². The minimum atomic E-state index is -1.63. The van der Waals surface area contributed by atoms with Crippen molar-refractivity contribution in [2.75, 3.05) is 0 Å². The summed E-state index contributed by atoms with van der Waals surface area (Å²) in [7, 11) is 8.10. The SMILES string of the molecule is CC(C)c1cccc(C(C)C)c1-n1ccn(-c2c(C(C)C)cccc2C(C)C)c1=P.CC(C)c1cccc(C(C)C)c1-n1ccn(-c2c(C(C)C)cccc2C(C)C)c1=P.c1cc[c]([Ge]([c]2ccccc2)[c]2ccccc2)cc1.c1cc[c]([Ge]([c]2ccccc2)[c]2ccccc2)cc1. The van der Waals surface area contributed by atoms with Gasteiger partial charge in [0.15, 0.2) is 0 Å². The molecule has 2 heterocycles. The third-order valence-electron chi connectivity index (χ3n) is 18.4. The third kappa shape index (κ3) is 17.8. The molecule has 8 heteroatoms. The van der Waals surface area contributed by atoms with Gasteiger partial charge in [-0.2, -0.15) is 0 Å². The van der Waals surface area contributed by atoms with E-state index >= 15 is 0 Å². The predicted molar refractivity (Wildman–Crippen MR) is 434 cm³/mol. The molecule has 0 aliphatic carbocycles. The van der Waals surface area contributed by atoms with E-state index in [0.717, 1.165) is 10.4 Å². The van der Waals surface area contributed by atoms with Crippen LogP contribution in [0.15, 0.2) is 280 Å². The third-order valence-corrected chi connectivity index (χ3v) is 30.8. The molecule has 0 bridgehead atoms. The van der Waals surface area contributed by atoms with Crippen molar-refractivity contribution in [1.29, 1.82) is 0 Å². The Labute approximate surface area is 601 Å². The van der Waals surface area contributed by atoms with Crippen molar-refractivity contribution >= 4 is 72.8 Å². The summed E-state index contributed by atoms with van der Waals surface area (Å²) in [5.74, 6) is 3.63. The zero-order chi connectivity index (χ0) is 70.2. The van der Waals surface area contributed by atoms with Crippen molar-refractivity contribution in [3.8, 4) is 22.7 Å². The van der Waals surface area contributed by atoms with Crippen LogP contribution in [0.1, 0.15) is 203 Å². The van der Waals surface area contributed by atoms with E-state index in [1.165, 1.54) is 93.6 Å². The maximum atomic E-state index is 4.05. The summed E-state index contributed by atoms with van der Waals surface area (Å²) < 4.78 is 18.3. The van der Waals surface area contributed by atoms with Crippen LogP contribution >= 0.6 is 17.7 Å². The van der Waals surface area contributed by atoms with Crippen LogP contribution in [0.4, 0.5) is 0 Å². The Morgan fingerprint density at radius 2 is 0.327 bits per heavy atom. The van der Waals surface area contributed by atoms with Crippen molar-refractivity contribution in [2.24, 2.45) is 0 Å². The molecule has 0 aliphatic heterocycles. The molecule has 0 fully saturated rings. The summed E-state index contributed by atoms with van der Waals surface area (Å²) in [5.41, 5.74) is 16.3. The van der Waals surface area contributed by atoms with E-state index in [1.807, 2.05) is 0 Å². The number of imidazole rings is 2. The Kier molecular flexibility index (Phi) is 26.9. The first kappa shape index (κ1) is 74.5. The summed E-state index contributed by atoms with van der Waals surface area (Å²) in [6, 6.07) is 92.5. The first-order chi connectivity index (χ1) is 47.2. The van der Waals surface area contributed by atoms with Gasteiger partial charge in [0.05, 0.1) is 22.7 Å². The molecular weight excluding hydrogens is 1340 g/mol. The van der Waals surface area contributed by atoms with Crippen LogP contribution in [0.3, 0.4) is 0 Å². The number of hydrogen-bond acceptors (Lipinski definition) is 0. The van der Waals surface area contributed by atoms with Crippen LogP contribution in [-0.4, -0.2) is 47.0 Å². The standard InChI is InChI=1S/2C27H37N2P.2C18H15Ge/c2*1-17(2)21-11-9-12-22(18(3)4)25(21)28-15-16-29(27(28)30)26-23(19(5)6)13-10-14-24(26)20(7)8;2*1-4-10-16(11-5-1)19(17-12-6-2-7-13-17)18-14-8-3-9-15-18/h2*9-20,30H,1-8H3;2*1-15H. The van der Waals surface area contributed by atoms with Gasteiger partial charge in [0.1, 0.15) is 10.4 Å². The minimum absolute atomic E-state index is 0.454. The van der Waals surface area contributed by atoms with E-state index in [1.54, 1.807) is 0 Å². The van der Waals surface area contributed by atoms with Crippen molar-refractivity contribution in [2.45, 2.75) is 158 Å². The molecule has 10 aromatic carbocycles. The monoisotopic (exact) mass is 1450 g/mol. The first-order valence-electron chi connectivity index (χ1n) is 35.5. The average molecular weight is 1450 g/mol. The summed E-state index contributed by atoms with van der Waals surface area (Å²) in [4.78, 5) is 0. The summed E-state index contributed by atoms with van der Waals surface area (Å²) >= 11 is -3.26. The number of aromatic nitrogens is 4.